The van der Waals surface area contributed by atoms with Gasteiger partial charge in [0, 0.05) is 31.5 Å². The third-order valence-electron chi connectivity index (χ3n) is 2.79. The molecule has 0 aliphatic carbocycles. The molecule has 1 aromatic heterocycles. The minimum Gasteiger partial charge on any atom is -0.479 e. The summed E-state index contributed by atoms with van der Waals surface area (Å²) in [5.41, 5.74) is -0.489. The Kier molecular flexibility index (Phi) is 4.40. The van der Waals surface area contributed by atoms with Crippen molar-refractivity contribution in [2.75, 3.05) is 12.3 Å². The Morgan fingerprint density at radius 3 is 3.00 bits per heavy atom. The molecule has 1 amide bonds. The third-order valence-corrected chi connectivity index (χ3v) is 3.76. The van der Waals surface area contributed by atoms with Gasteiger partial charge in [-0.3, -0.25) is 14.2 Å². The number of amides is 1. The number of carbonyl (C=O) groups is 2. The fourth-order valence-electron chi connectivity index (χ4n) is 1.71. The Morgan fingerprint density at radius 2 is 2.30 bits per heavy atom. The fraction of sp³-hybridized carbons (Fsp3) is 0.455. The van der Waals surface area contributed by atoms with Crippen molar-refractivity contribution in [1.82, 2.24) is 14.9 Å². The third kappa shape index (κ3) is 2.99. The SMILES string of the molecule is O=C(NCCC(O)C(=O)O)c1cnc2n(c1=O)CCS2. The first-order valence-electron chi connectivity index (χ1n) is 5.92. The summed E-state index contributed by atoms with van der Waals surface area (Å²) in [5.74, 6) is -1.22. The second-order valence-electron chi connectivity index (χ2n) is 4.16. The molecular formula is C11H13N3O5S. The molecule has 0 bridgehead atoms. The quantitative estimate of drug-likeness (QED) is 0.591. The Morgan fingerprint density at radius 1 is 1.55 bits per heavy atom. The van der Waals surface area contributed by atoms with Gasteiger partial charge in [0.05, 0.1) is 0 Å². The fourth-order valence-corrected chi connectivity index (χ4v) is 2.63. The molecule has 0 radical (unpaired) electrons. The van der Waals surface area contributed by atoms with E-state index >= 15 is 0 Å². The maximum absolute atomic E-state index is 12.0. The Bertz CT molecular complexity index is 600. The Hall–Kier alpha value is -1.87. The number of carboxylic acids is 1. The molecule has 2 heterocycles. The van der Waals surface area contributed by atoms with E-state index in [2.05, 4.69) is 10.3 Å². The standard InChI is InChI=1S/C11H13N3O5S/c15-7(10(18)19)1-2-12-8(16)6-5-13-11-14(9(6)17)3-4-20-11/h5,7,15H,1-4H2,(H,12,16)(H,18,19). The summed E-state index contributed by atoms with van der Waals surface area (Å²) in [6, 6.07) is 0. The average Bonchev–Trinajstić information content (AvgIpc) is 2.87. The monoisotopic (exact) mass is 299 g/mol. The van der Waals surface area contributed by atoms with Gasteiger partial charge in [-0.1, -0.05) is 11.8 Å². The topological polar surface area (TPSA) is 122 Å². The highest BCUT2D eigenvalue weighted by Crippen LogP contribution is 2.20. The average molecular weight is 299 g/mol. The molecule has 9 heteroatoms. The lowest BCUT2D eigenvalue weighted by atomic mass is 10.2. The lowest BCUT2D eigenvalue weighted by molar-refractivity contribution is -0.146. The largest absolute Gasteiger partial charge is 0.479 e. The van der Waals surface area contributed by atoms with Crippen molar-refractivity contribution < 1.29 is 19.8 Å². The van der Waals surface area contributed by atoms with E-state index in [1.807, 2.05) is 0 Å². The number of aliphatic hydroxyl groups excluding tert-OH is 1. The second-order valence-corrected chi connectivity index (χ2v) is 5.22. The predicted molar refractivity (Wildman–Crippen MR) is 69.8 cm³/mol. The van der Waals surface area contributed by atoms with E-state index in [4.69, 9.17) is 10.2 Å². The van der Waals surface area contributed by atoms with Gasteiger partial charge < -0.3 is 15.5 Å². The van der Waals surface area contributed by atoms with Crippen LogP contribution in [-0.2, 0) is 11.3 Å². The van der Waals surface area contributed by atoms with Crippen LogP contribution in [-0.4, -0.2) is 50.0 Å². The minimum atomic E-state index is -1.54. The number of aliphatic carboxylic acids is 1. The molecule has 1 aromatic rings. The van der Waals surface area contributed by atoms with Crippen LogP contribution in [0.15, 0.2) is 16.1 Å². The molecule has 1 aliphatic heterocycles. The van der Waals surface area contributed by atoms with Crippen molar-refractivity contribution >= 4 is 23.6 Å². The molecule has 1 aliphatic rings. The Balaban J connectivity index is 2.00. The van der Waals surface area contributed by atoms with Crippen LogP contribution in [0.5, 0.6) is 0 Å². The van der Waals surface area contributed by atoms with Crippen molar-refractivity contribution in [3.05, 3.63) is 22.1 Å². The summed E-state index contributed by atoms with van der Waals surface area (Å²) < 4.78 is 1.44. The van der Waals surface area contributed by atoms with Gasteiger partial charge in [-0.15, -0.1) is 0 Å². The van der Waals surface area contributed by atoms with Crippen LogP contribution in [0.1, 0.15) is 16.8 Å². The van der Waals surface area contributed by atoms with E-state index in [-0.39, 0.29) is 18.5 Å². The van der Waals surface area contributed by atoms with Gasteiger partial charge in [-0.25, -0.2) is 9.78 Å². The normalized spacial score (nSPS) is 14.7. The smallest absolute Gasteiger partial charge is 0.332 e. The minimum absolute atomic E-state index is 0.0394. The Labute approximate surface area is 117 Å². The molecule has 0 saturated heterocycles. The number of rotatable bonds is 5. The molecule has 3 N–H and O–H groups in total. The zero-order valence-electron chi connectivity index (χ0n) is 10.4. The zero-order chi connectivity index (χ0) is 14.7. The maximum atomic E-state index is 12.0. The summed E-state index contributed by atoms with van der Waals surface area (Å²) in [7, 11) is 0. The number of hydrogen-bond donors (Lipinski definition) is 3. The van der Waals surface area contributed by atoms with Crippen LogP contribution in [0.4, 0.5) is 0 Å². The van der Waals surface area contributed by atoms with Gasteiger partial charge >= 0.3 is 5.97 Å². The second kappa shape index (κ2) is 6.06. The summed E-state index contributed by atoms with van der Waals surface area (Å²) >= 11 is 1.45. The van der Waals surface area contributed by atoms with Crippen LogP contribution >= 0.6 is 11.8 Å². The maximum Gasteiger partial charge on any atom is 0.332 e. The van der Waals surface area contributed by atoms with E-state index in [1.165, 1.54) is 22.5 Å². The van der Waals surface area contributed by atoms with Crippen LogP contribution in [0.3, 0.4) is 0 Å². The van der Waals surface area contributed by atoms with Gasteiger partial charge in [0.2, 0.25) is 0 Å². The number of aliphatic hydroxyl groups is 1. The summed E-state index contributed by atoms with van der Waals surface area (Å²) in [6.07, 6.45) is -0.447. The van der Waals surface area contributed by atoms with Crippen molar-refractivity contribution in [3.8, 4) is 0 Å². The van der Waals surface area contributed by atoms with Crippen LogP contribution in [0, 0.1) is 0 Å². The van der Waals surface area contributed by atoms with Gasteiger partial charge in [0.25, 0.3) is 11.5 Å². The molecule has 1 unspecified atom stereocenters. The summed E-state index contributed by atoms with van der Waals surface area (Å²) in [5, 5.41) is 20.5. The first-order chi connectivity index (χ1) is 9.50. The van der Waals surface area contributed by atoms with Crippen LogP contribution in [0.2, 0.25) is 0 Å². The van der Waals surface area contributed by atoms with Gasteiger partial charge in [-0.05, 0) is 0 Å². The van der Waals surface area contributed by atoms with Crippen molar-refractivity contribution in [3.63, 3.8) is 0 Å². The zero-order valence-corrected chi connectivity index (χ0v) is 11.2. The molecule has 1 atom stereocenters. The van der Waals surface area contributed by atoms with Gasteiger partial charge in [0.1, 0.15) is 5.56 Å². The molecule has 0 fully saturated rings. The lowest BCUT2D eigenvalue weighted by Crippen LogP contribution is -2.35. The first kappa shape index (κ1) is 14.5. The van der Waals surface area contributed by atoms with Gasteiger partial charge in [-0.2, -0.15) is 0 Å². The van der Waals surface area contributed by atoms with E-state index in [0.717, 1.165) is 5.75 Å². The molecule has 8 nitrogen and oxygen atoms in total. The predicted octanol–water partition coefficient (Wildman–Crippen LogP) is -1.09. The number of thioether (sulfide) groups is 1. The summed E-state index contributed by atoms with van der Waals surface area (Å²) in [4.78, 5) is 38.3. The number of aromatic nitrogens is 2. The number of nitrogens with one attached hydrogen (secondary N) is 1. The van der Waals surface area contributed by atoms with E-state index in [9.17, 15) is 14.4 Å². The highest BCUT2D eigenvalue weighted by molar-refractivity contribution is 7.99. The van der Waals surface area contributed by atoms with Crippen molar-refractivity contribution in [1.29, 1.82) is 0 Å². The molecule has 0 spiro atoms. The van der Waals surface area contributed by atoms with Gasteiger partial charge in [0.15, 0.2) is 11.3 Å². The molecule has 0 saturated carbocycles. The van der Waals surface area contributed by atoms with Crippen molar-refractivity contribution in [2.45, 2.75) is 24.2 Å². The summed E-state index contributed by atoms with van der Waals surface area (Å²) in [6.45, 7) is 0.479. The molecule has 20 heavy (non-hydrogen) atoms. The number of hydrogen-bond acceptors (Lipinski definition) is 6. The molecule has 108 valence electrons. The molecule has 2 rings (SSSR count). The van der Waals surface area contributed by atoms with Crippen LogP contribution in [0.25, 0.3) is 0 Å². The van der Waals surface area contributed by atoms with E-state index in [1.54, 1.807) is 0 Å². The lowest BCUT2D eigenvalue weighted by Gasteiger charge is -2.08. The van der Waals surface area contributed by atoms with Crippen LogP contribution < -0.4 is 10.9 Å². The first-order valence-corrected chi connectivity index (χ1v) is 6.91. The number of nitrogens with zero attached hydrogens (tertiary/aromatic N) is 2. The highest BCUT2D eigenvalue weighted by atomic mass is 32.2. The number of carboxylic acid groups (broad SMARTS) is 1. The van der Waals surface area contributed by atoms with Crippen molar-refractivity contribution in [2.24, 2.45) is 0 Å². The molecule has 0 aromatic carbocycles. The highest BCUT2D eigenvalue weighted by Gasteiger charge is 2.20. The number of carbonyl (C=O) groups excluding carboxylic acids is 1. The van der Waals surface area contributed by atoms with E-state index in [0.29, 0.717) is 11.7 Å². The number of fused-ring (bicyclic) bond motifs is 1. The molecular weight excluding hydrogens is 286 g/mol. The van der Waals surface area contributed by atoms with E-state index < -0.39 is 23.5 Å².